The summed E-state index contributed by atoms with van der Waals surface area (Å²) in [5.74, 6) is 0. The molecule has 2 heterocycles. The molecule has 0 saturated carbocycles. The number of nitrogens with zero attached hydrogens (tertiary/aromatic N) is 1. The first-order valence-electron chi connectivity index (χ1n) is 6.40. The van der Waals surface area contributed by atoms with Crippen LogP contribution in [-0.2, 0) is 18.9 Å². The smallest absolute Gasteiger partial charge is 0.169 e. The van der Waals surface area contributed by atoms with Crippen LogP contribution in [0.4, 0.5) is 0 Å². The summed E-state index contributed by atoms with van der Waals surface area (Å²) in [4.78, 5) is 2.20. The summed E-state index contributed by atoms with van der Waals surface area (Å²) in [6, 6.07) is 0.0280. The summed E-state index contributed by atoms with van der Waals surface area (Å²) in [6.07, 6.45) is -0.537. The lowest BCUT2D eigenvalue weighted by Crippen LogP contribution is -2.59. The number of ether oxygens (including phenoxy) is 4. The zero-order chi connectivity index (χ0) is 13.1. The number of morpholine rings is 1. The van der Waals surface area contributed by atoms with Gasteiger partial charge in [-0.1, -0.05) is 0 Å². The Bertz CT molecular complexity index is 265. The van der Waals surface area contributed by atoms with Gasteiger partial charge in [-0.25, -0.2) is 0 Å². The lowest BCUT2D eigenvalue weighted by atomic mass is 9.97. The fraction of sp³-hybridized carbons (Fsp3) is 1.00. The molecule has 6 heteroatoms. The van der Waals surface area contributed by atoms with Crippen LogP contribution < -0.4 is 0 Å². The molecule has 106 valence electrons. The molecule has 0 bridgehead atoms. The second-order valence-electron chi connectivity index (χ2n) is 4.83. The molecule has 2 aliphatic rings. The largest absolute Gasteiger partial charge is 0.389 e. The van der Waals surface area contributed by atoms with Crippen molar-refractivity contribution >= 4 is 0 Å². The maximum absolute atomic E-state index is 10.3. The Hall–Kier alpha value is -0.240. The average Bonchev–Trinajstić information content (AvgIpc) is 2.41. The maximum atomic E-state index is 10.3. The highest BCUT2D eigenvalue weighted by atomic mass is 16.7. The summed E-state index contributed by atoms with van der Waals surface area (Å²) in [7, 11) is 3.26. The molecule has 2 aliphatic heterocycles. The van der Waals surface area contributed by atoms with E-state index in [1.807, 2.05) is 6.92 Å². The molecule has 2 rings (SSSR count). The van der Waals surface area contributed by atoms with E-state index in [2.05, 4.69) is 4.90 Å². The van der Waals surface area contributed by atoms with Gasteiger partial charge in [-0.3, -0.25) is 4.90 Å². The van der Waals surface area contributed by atoms with E-state index in [0.717, 1.165) is 6.54 Å². The topological polar surface area (TPSA) is 60.4 Å². The number of hydrogen-bond donors (Lipinski definition) is 1. The van der Waals surface area contributed by atoms with E-state index in [9.17, 15) is 5.11 Å². The van der Waals surface area contributed by atoms with Gasteiger partial charge in [-0.05, 0) is 6.92 Å². The minimum absolute atomic E-state index is 0.0280. The van der Waals surface area contributed by atoms with E-state index in [-0.39, 0.29) is 24.7 Å². The molecule has 18 heavy (non-hydrogen) atoms. The van der Waals surface area contributed by atoms with Crippen molar-refractivity contribution in [3.63, 3.8) is 0 Å². The molecular formula is C12H23NO5. The summed E-state index contributed by atoms with van der Waals surface area (Å²) in [5.41, 5.74) is 0. The number of aliphatic hydroxyl groups is 1. The Labute approximate surface area is 108 Å². The van der Waals surface area contributed by atoms with Crippen LogP contribution in [0.25, 0.3) is 0 Å². The summed E-state index contributed by atoms with van der Waals surface area (Å²) >= 11 is 0. The van der Waals surface area contributed by atoms with Crippen LogP contribution >= 0.6 is 0 Å². The van der Waals surface area contributed by atoms with Crippen LogP contribution in [0.15, 0.2) is 0 Å². The summed E-state index contributed by atoms with van der Waals surface area (Å²) < 4.78 is 21.5. The van der Waals surface area contributed by atoms with Crippen molar-refractivity contribution in [2.75, 3.05) is 33.9 Å². The van der Waals surface area contributed by atoms with Gasteiger partial charge >= 0.3 is 0 Å². The minimum Gasteiger partial charge on any atom is -0.389 e. The highest BCUT2D eigenvalue weighted by molar-refractivity contribution is 4.89. The monoisotopic (exact) mass is 261 g/mol. The van der Waals surface area contributed by atoms with Crippen LogP contribution in [0.5, 0.6) is 0 Å². The molecule has 0 aromatic rings. The van der Waals surface area contributed by atoms with Crippen molar-refractivity contribution in [2.24, 2.45) is 0 Å². The molecular weight excluding hydrogens is 238 g/mol. The molecule has 0 spiro atoms. The number of methoxy groups -OCH3 is 2. The fourth-order valence-electron chi connectivity index (χ4n) is 2.62. The summed E-state index contributed by atoms with van der Waals surface area (Å²) in [6.45, 7) is 3.96. The quantitative estimate of drug-likeness (QED) is 0.759. The van der Waals surface area contributed by atoms with Crippen molar-refractivity contribution in [1.29, 1.82) is 0 Å². The Morgan fingerprint density at radius 3 is 2.61 bits per heavy atom. The standard InChI is InChI=1S/C12H23NO5/c1-8-12(14)9(6-10(15-2)18-8)13-4-5-17-11(7-13)16-3/h8-12,14H,4-7H2,1-3H3/t8-,9+,10?,11-,12+/m0/s1. The van der Waals surface area contributed by atoms with Crippen molar-refractivity contribution in [3.05, 3.63) is 0 Å². The van der Waals surface area contributed by atoms with Gasteiger partial charge in [0.1, 0.15) is 0 Å². The van der Waals surface area contributed by atoms with Gasteiger partial charge < -0.3 is 24.1 Å². The van der Waals surface area contributed by atoms with Crippen molar-refractivity contribution in [3.8, 4) is 0 Å². The zero-order valence-electron chi connectivity index (χ0n) is 11.2. The highest BCUT2D eigenvalue weighted by Gasteiger charge is 2.40. The van der Waals surface area contributed by atoms with Crippen LogP contribution in [0.1, 0.15) is 13.3 Å². The van der Waals surface area contributed by atoms with Crippen molar-refractivity contribution < 1.29 is 24.1 Å². The third kappa shape index (κ3) is 3.01. The predicted molar refractivity (Wildman–Crippen MR) is 64.1 cm³/mol. The lowest BCUT2D eigenvalue weighted by molar-refractivity contribution is -0.242. The molecule has 0 aliphatic carbocycles. The molecule has 0 amide bonds. The van der Waals surface area contributed by atoms with Gasteiger partial charge in [0.05, 0.1) is 18.8 Å². The molecule has 2 fully saturated rings. The summed E-state index contributed by atoms with van der Waals surface area (Å²) in [5, 5.41) is 10.3. The second-order valence-corrected chi connectivity index (χ2v) is 4.83. The molecule has 5 atom stereocenters. The van der Waals surface area contributed by atoms with E-state index in [1.165, 1.54) is 0 Å². The third-order valence-corrected chi connectivity index (χ3v) is 3.74. The first kappa shape index (κ1) is 14.2. The number of hydrogen-bond acceptors (Lipinski definition) is 6. The van der Waals surface area contributed by atoms with Crippen LogP contribution in [0, 0.1) is 0 Å². The van der Waals surface area contributed by atoms with Crippen LogP contribution in [0.3, 0.4) is 0 Å². The van der Waals surface area contributed by atoms with E-state index >= 15 is 0 Å². The lowest BCUT2D eigenvalue weighted by Gasteiger charge is -2.45. The van der Waals surface area contributed by atoms with Gasteiger partial charge in [0, 0.05) is 39.8 Å². The molecule has 6 nitrogen and oxygen atoms in total. The second kappa shape index (κ2) is 6.27. The SMILES string of the molecule is COC1C[C@@H](N2CCO[C@H](OC)C2)[C@H](O)[C@H](C)O1. The fourth-order valence-corrected chi connectivity index (χ4v) is 2.62. The first-order valence-corrected chi connectivity index (χ1v) is 6.40. The Balaban J connectivity index is 2.00. The average molecular weight is 261 g/mol. The van der Waals surface area contributed by atoms with Gasteiger partial charge in [0.25, 0.3) is 0 Å². The van der Waals surface area contributed by atoms with Gasteiger partial charge in [-0.2, -0.15) is 0 Å². The van der Waals surface area contributed by atoms with E-state index in [0.29, 0.717) is 19.6 Å². The molecule has 1 unspecified atom stereocenters. The van der Waals surface area contributed by atoms with Gasteiger partial charge in [-0.15, -0.1) is 0 Å². The minimum atomic E-state index is -0.507. The molecule has 0 radical (unpaired) electrons. The van der Waals surface area contributed by atoms with E-state index in [4.69, 9.17) is 18.9 Å². The normalized spacial score (nSPS) is 43.0. The third-order valence-electron chi connectivity index (χ3n) is 3.74. The van der Waals surface area contributed by atoms with Crippen LogP contribution in [-0.4, -0.2) is 74.8 Å². The highest BCUT2D eigenvalue weighted by Crippen LogP contribution is 2.26. The van der Waals surface area contributed by atoms with Gasteiger partial charge in [0.15, 0.2) is 12.6 Å². The van der Waals surface area contributed by atoms with Crippen molar-refractivity contribution in [2.45, 2.75) is 44.2 Å². The zero-order valence-corrected chi connectivity index (χ0v) is 11.2. The molecule has 2 saturated heterocycles. The molecule has 1 N–H and O–H groups in total. The van der Waals surface area contributed by atoms with E-state index < -0.39 is 6.10 Å². The van der Waals surface area contributed by atoms with Crippen molar-refractivity contribution in [1.82, 2.24) is 4.90 Å². The first-order chi connectivity index (χ1) is 8.65. The van der Waals surface area contributed by atoms with Gasteiger partial charge in [0.2, 0.25) is 0 Å². The molecule has 0 aromatic carbocycles. The number of aliphatic hydroxyl groups excluding tert-OH is 1. The predicted octanol–water partition coefficient (Wildman–Crippen LogP) is -0.198. The Morgan fingerprint density at radius 1 is 1.22 bits per heavy atom. The van der Waals surface area contributed by atoms with E-state index in [1.54, 1.807) is 14.2 Å². The molecule has 0 aromatic heterocycles. The Kier molecular flexibility index (Phi) is 4.94. The maximum Gasteiger partial charge on any atom is 0.169 e. The number of rotatable bonds is 3. The van der Waals surface area contributed by atoms with Crippen LogP contribution in [0.2, 0.25) is 0 Å². The Morgan fingerprint density at radius 2 is 1.94 bits per heavy atom.